The zero-order valence-electron chi connectivity index (χ0n) is 13.8. The molecule has 0 bridgehead atoms. The molecule has 2 aromatic heterocycles. The Morgan fingerprint density at radius 2 is 2.00 bits per heavy atom. The van der Waals surface area contributed by atoms with E-state index in [2.05, 4.69) is 15.3 Å². The van der Waals surface area contributed by atoms with Crippen LogP contribution in [0.1, 0.15) is 23.0 Å². The van der Waals surface area contributed by atoms with E-state index in [0.29, 0.717) is 10.3 Å². The Labute approximate surface area is 158 Å². The first-order valence-electron chi connectivity index (χ1n) is 7.79. The van der Waals surface area contributed by atoms with Gasteiger partial charge in [-0.2, -0.15) is 0 Å². The van der Waals surface area contributed by atoms with Crippen LogP contribution in [0.3, 0.4) is 0 Å². The lowest BCUT2D eigenvalue weighted by atomic mass is 10.2. The van der Waals surface area contributed by atoms with Gasteiger partial charge < -0.3 is 4.74 Å². The van der Waals surface area contributed by atoms with E-state index in [-0.39, 0.29) is 24.7 Å². The second-order valence-corrected chi connectivity index (χ2v) is 6.49. The number of hydrogen-bond acceptors (Lipinski definition) is 6. The number of nitrogens with one attached hydrogen (secondary N) is 1. The maximum atomic E-state index is 12.4. The molecular formula is C17H15ClN4O3S. The van der Waals surface area contributed by atoms with Gasteiger partial charge in [0.15, 0.2) is 11.5 Å². The second-order valence-electron chi connectivity index (χ2n) is 5.19. The fourth-order valence-corrected chi connectivity index (χ4v) is 3.08. The summed E-state index contributed by atoms with van der Waals surface area (Å²) >= 11 is 7.42. The molecule has 7 nitrogen and oxygen atoms in total. The van der Waals surface area contributed by atoms with Crippen molar-refractivity contribution < 1.29 is 14.3 Å². The van der Waals surface area contributed by atoms with E-state index in [1.165, 1.54) is 11.3 Å². The summed E-state index contributed by atoms with van der Waals surface area (Å²) in [6, 6.07) is 10.4. The summed E-state index contributed by atoms with van der Waals surface area (Å²) in [6.45, 7) is 2.07. The van der Waals surface area contributed by atoms with E-state index < -0.39 is 12.0 Å². The lowest BCUT2D eigenvalue weighted by molar-refractivity contribution is 0.0521. The van der Waals surface area contributed by atoms with Crippen LogP contribution < -0.4 is 5.32 Å². The fourth-order valence-electron chi connectivity index (χ4n) is 2.20. The van der Waals surface area contributed by atoms with Gasteiger partial charge in [-0.1, -0.05) is 30.3 Å². The molecule has 1 aromatic carbocycles. The lowest BCUT2D eigenvalue weighted by Gasteiger charge is -2.15. The van der Waals surface area contributed by atoms with Crippen molar-refractivity contribution in [2.45, 2.75) is 13.5 Å². The van der Waals surface area contributed by atoms with Crippen LogP contribution in [-0.4, -0.2) is 33.0 Å². The molecule has 26 heavy (non-hydrogen) atoms. The summed E-state index contributed by atoms with van der Waals surface area (Å²) in [4.78, 5) is 33.7. The maximum Gasteiger partial charge on any atom is 0.360 e. The van der Waals surface area contributed by atoms with Crippen LogP contribution >= 0.6 is 23.1 Å². The average molecular weight is 391 g/mol. The van der Waals surface area contributed by atoms with Gasteiger partial charge in [0.1, 0.15) is 10.3 Å². The lowest BCUT2D eigenvalue weighted by Crippen LogP contribution is -2.28. The van der Waals surface area contributed by atoms with Crippen LogP contribution in [-0.2, 0) is 11.3 Å². The minimum atomic E-state index is -0.660. The fraction of sp³-hybridized carbons (Fsp3) is 0.176. The number of nitrogens with zero attached hydrogens (tertiary/aromatic N) is 3. The Kier molecular flexibility index (Phi) is 5.65. The molecule has 0 aliphatic carbocycles. The molecule has 9 heteroatoms. The summed E-state index contributed by atoms with van der Waals surface area (Å²) in [6.07, 6.45) is 0. The standard InChI is InChI=1S/C17H15ClN4O3S/c1-2-25-16(23)13-14(20-15-12(19-13)8-9-26-15)21-17(24)22(18)10-11-6-4-3-5-7-11/h3-9H,2,10H2,1H3,(H,20,21,24). The number of anilines is 1. The van der Waals surface area contributed by atoms with Crippen molar-refractivity contribution >= 4 is 51.3 Å². The predicted molar refractivity (Wildman–Crippen MR) is 100 cm³/mol. The number of carbonyl (C=O) groups excluding carboxylic acids is 2. The van der Waals surface area contributed by atoms with Crippen molar-refractivity contribution in [2.75, 3.05) is 11.9 Å². The number of ether oxygens (including phenoxy) is 1. The van der Waals surface area contributed by atoms with Gasteiger partial charge in [-0.15, -0.1) is 11.3 Å². The van der Waals surface area contributed by atoms with Crippen LogP contribution in [0.2, 0.25) is 0 Å². The normalized spacial score (nSPS) is 10.5. The average Bonchev–Trinajstić information content (AvgIpc) is 3.09. The third-order valence-corrected chi connectivity index (χ3v) is 4.44. The zero-order chi connectivity index (χ0) is 18.5. The molecule has 0 unspecified atom stereocenters. The SMILES string of the molecule is CCOC(=O)c1nc2ccsc2nc1NC(=O)N(Cl)Cc1ccccc1. The number of fused-ring (bicyclic) bond motifs is 1. The minimum Gasteiger partial charge on any atom is -0.461 e. The number of esters is 1. The van der Waals surface area contributed by atoms with E-state index in [1.54, 1.807) is 18.4 Å². The molecule has 134 valence electrons. The number of urea groups is 1. The van der Waals surface area contributed by atoms with Crippen LogP contribution in [0.5, 0.6) is 0 Å². The van der Waals surface area contributed by atoms with E-state index in [4.69, 9.17) is 16.5 Å². The summed E-state index contributed by atoms with van der Waals surface area (Å²) in [5.74, 6) is -0.644. The monoisotopic (exact) mass is 390 g/mol. The molecule has 0 fully saturated rings. The maximum absolute atomic E-state index is 12.4. The van der Waals surface area contributed by atoms with Gasteiger partial charge in [-0.25, -0.2) is 24.0 Å². The highest BCUT2D eigenvalue weighted by Crippen LogP contribution is 2.22. The van der Waals surface area contributed by atoms with Crippen molar-refractivity contribution in [3.63, 3.8) is 0 Å². The molecule has 3 rings (SSSR count). The smallest absolute Gasteiger partial charge is 0.360 e. The molecule has 0 saturated heterocycles. The molecule has 0 aliphatic heterocycles. The van der Waals surface area contributed by atoms with Gasteiger partial charge in [0.25, 0.3) is 0 Å². The van der Waals surface area contributed by atoms with Crippen molar-refractivity contribution in [2.24, 2.45) is 0 Å². The Hall–Kier alpha value is -2.71. The summed E-state index contributed by atoms with van der Waals surface area (Å²) in [7, 11) is 0. The predicted octanol–water partition coefficient (Wildman–Crippen LogP) is 4.06. The number of rotatable bonds is 5. The molecule has 0 radical (unpaired) electrons. The molecule has 2 amide bonds. The highest BCUT2D eigenvalue weighted by atomic mass is 35.5. The molecule has 1 N–H and O–H groups in total. The summed E-state index contributed by atoms with van der Waals surface area (Å²) in [5.41, 5.74) is 1.36. The molecule has 0 saturated carbocycles. The summed E-state index contributed by atoms with van der Waals surface area (Å²) < 4.78 is 5.97. The number of benzene rings is 1. The van der Waals surface area contributed by atoms with Gasteiger partial charge in [0.05, 0.1) is 13.2 Å². The number of thiophene rings is 1. The van der Waals surface area contributed by atoms with E-state index >= 15 is 0 Å². The van der Waals surface area contributed by atoms with Gasteiger partial charge in [-0.05, 0) is 23.9 Å². The van der Waals surface area contributed by atoms with Gasteiger partial charge in [0.2, 0.25) is 0 Å². The zero-order valence-corrected chi connectivity index (χ0v) is 15.4. The van der Waals surface area contributed by atoms with Crippen LogP contribution in [0.25, 0.3) is 10.3 Å². The van der Waals surface area contributed by atoms with E-state index in [0.717, 1.165) is 9.98 Å². The number of amides is 2. The Morgan fingerprint density at radius 1 is 1.23 bits per heavy atom. The number of aromatic nitrogens is 2. The molecule has 0 spiro atoms. The van der Waals surface area contributed by atoms with Gasteiger partial charge in [0, 0.05) is 11.8 Å². The quantitative estimate of drug-likeness (QED) is 0.524. The number of hydrogen-bond donors (Lipinski definition) is 1. The highest BCUT2D eigenvalue weighted by Gasteiger charge is 2.22. The second kappa shape index (κ2) is 8.11. The Bertz CT molecular complexity index is 932. The van der Waals surface area contributed by atoms with Gasteiger partial charge in [-0.3, -0.25) is 5.32 Å². The third-order valence-electron chi connectivity index (χ3n) is 3.37. The molecule has 2 heterocycles. The summed E-state index contributed by atoms with van der Waals surface area (Å²) in [5, 5.41) is 4.34. The van der Waals surface area contributed by atoms with Crippen molar-refractivity contribution in [1.82, 2.24) is 14.4 Å². The molecule has 3 aromatic rings. The van der Waals surface area contributed by atoms with Crippen molar-refractivity contribution in [3.8, 4) is 0 Å². The van der Waals surface area contributed by atoms with E-state index in [9.17, 15) is 9.59 Å². The largest absolute Gasteiger partial charge is 0.461 e. The number of halogens is 1. The van der Waals surface area contributed by atoms with E-state index in [1.807, 2.05) is 30.3 Å². The van der Waals surface area contributed by atoms with Gasteiger partial charge >= 0.3 is 12.0 Å². The van der Waals surface area contributed by atoms with Crippen molar-refractivity contribution in [3.05, 3.63) is 53.0 Å². The van der Waals surface area contributed by atoms with Crippen molar-refractivity contribution in [1.29, 1.82) is 0 Å². The van der Waals surface area contributed by atoms with Crippen LogP contribution in [0.15, 0.2) is 41.8 Å². The Balaban J connectivity index is 1.83. The number of carbonyl (C=O) groups is 2. The topological polar surface area (TPSA) is 84.4 Å². The highest BCUT2D eigenvalue weighted by molar-refractivity contribution is 7.16. The Morgan fingerprint density at radius 3 is 2.73 bits per heavy atom. The minimum absolute atomic E-state index is 0.0158. The first kappa shape index (κ1) is 18.1. The first-order chi connectivity index (χ1) is 12.6. The third kappa shape index (κ3) is 4.09. The molecule has 0 atom stereocenters. The molecular weight excluding hydrogens is 376 g/mol. The van der Waals surface area contributed by atoms with Crippen LogP contribution in [0, 0.1) is 0 Å². The van der Waals surface area contributed by atoms with Crippen LogP contribution in [0.4, 0.5) is 10.6 Å². The first-order valence-corrected chi connectivity index (χ1v) is 9.01. The molecule has 0 aliphatic rings.